The minimum absolute atomic E-state index is 0.0819. The Bertz CT molecular complexity index is 368. The van der Waals surface area contributed by atoms with Gasteiger partial charge in [0.2, 0.25) is 0 Å². The van der Waals surface area contributed by atoms with Crippen LogP contribution in [0.15, 0.2) is 11.4 Å². The molecule has 1 aliphatic heterocycles. The van der Waals surface area contributed by atoms with Crippen molar-refractivity contribution in [1.82, 2.24) is 4.90 Å². The Morgan fingerprint density at radius 2 is 2.53 bits per heavy atom. The van der Waals surface area contributed by atoms with Crippen molar-refractivity contribution in [3.8, 4) is 0 Å². The fraction of sp³-hybridized carbons (Fsp3) is 0.500. The van der Waals surface area contributed by atoms with Gasteiger partial charge in [0.15, 0.2) is 0 Å². The Kier molecular flexibility index (Phi) is 3.69. The molecule has 1 fully saturated rings. The third-order valence-electron chi connectivity index (χ3n) is 2.60. The maximum Gasteiger partial charge on any atom is 0.265 e. The molecule has 1 amide bonds. The average molecular weight is 309 g/mol. The number of hydrogen-bond acceptors (Lipinski definition) is 2. The molecular formula is C10H11BrClNOS. The first kappa shape index (κ1) is 11.4. The van der Waals surface area contributed by atoms with E-state index in [-0.39, 0.29) is 5.91 Å². The molecule has 2 rings (SSSR count). The van der Waals surface area contributed by atoms with Gasteiger partial charge in [-0.3, -0.25) is 4.79 Å². The number of nitrogens with zero attached hydrogens (tertiary/aromatic N) is 1. The third-order valence-corrected chi connectivity index (χ3v) is 4.85. The van der Waals surface area contributed by atoms with Crippen LogP contribution in [0.1, 0.15) is 16.1 Å². The largest absolute Gasteiger partial charge is 0.338 e. The predicted octanol–water partition coefficient (Wildman–Crippen LogP) is 3.26. The third kappa shape index (κ3) is 2.37. The summed E-state index contributed by atoms with van der Waals surface area (Å²) < 4.78 is 0. The van der Waals surface area contributed by atoms with E-state index >= 15 is 0 Å². The van der Waals surface area contributed by atoms with Crippen LogP contribution < -0.4 is 0 Å². The molecule has 1 atom stereocenters. The Morgan fingerprint density at radius 3 is 3.07 bits per heavy atom. The van der Waals surface area contributed by atoms with Gasteiger partial charge < -0.3 is 4.90 Å². The van der Waals surface area contributed by atoms with Gasteiger partial charge in [-0.1, -0.05) is 27.5 Å². The summed E-state index contributed by atoms with van der Waals surface area (Å²) in [7, 11) is 0. The van der Waals surface area contributed by atoms with Crippen LogP contribution in [0.5, 0.6) is 0 Å². The first-order chi connectivity index (χ1) is 7.22. The molecule has 2 heterocycles. The summed E-state index contributed by atoms with van der Waals surface area (Å²) in [5.41, 5.74) is 0. The summed E-state index contributed by atoms with van der Waals surface area (Å²) in [6.45, 7) is 1.70. The van der Waals surface area contributed by atoms with Crippen molar-refractivity contribution in [2.45, 2.75) is 6.42 Å². The van der Waals surface area contributed by atoms with E-state index < -0.39 is 0 Å². The van der Waals surface area contributed by atoms with E-state index in [0.717, 1.165) is 24.8 Å². The van der Waals surface area contributed by atoms with Crippen molar-refractivity contribution in [3.05, 3.63) is 21.3 Å². The zero-order valence-corrected chi connectivity index (χ0v) is 11.2. The van der Waals surface area contributed by atoms with E-state index in [0.29, 0.717) is 15.8 Å². The van der Waals surface area contributed by atoms with Crippen LogP contribution in [-0.4, -0.2) is 29.2 Å². The molecule has 0 aliphatic carbocycles. The number of amides is 1. The molecule has 1 unspecified atom stereocenters. The second-order valence-electron chi connectivity index (χ2n) is 3.66. The van der Waals surface area contributed by atoms with Gasteiger partial charge in [-0.2, -0.15) is 0 Å². The number of carbonyl (C=O) groups is 1. The first-order valence-electron chi connectivity index (χ1n) is 4.80. The fourth-order valence-corrected chi connectivity index (χ4v) is 3.36. The summed E-state index contributed by atoms with van der Waals surface area (Å²) in [6, 6.07) is 1.78. The summed E-state index contributed by atoms with van der Waals surface area (Å²) >= 11 is 10.8. The number of alkyl halides is 1. The van der Waals surface area contributed by atoms with E-state index in [1.807, 2.05) is 10.3 Å². The highest BCUT2D eigenvalue weighted by Gasteiger charge is 2.27. The van der Waals surface area contributed by atoms with Crippen LogP contribution in [0, 0.1) is 5.92 Å². The second-order valence-corrected chi connectivity index (χ2v) is 5.63. The average Bonchev–Trinajstić information content (AvgIpc) is 2.84. The van der Waals surface area contributed by atoms with Crippen LogP contribution >= 0.6 is 38.9 Å². The minimum atomic E-state index is 0.0819. The smallest absolute Gasteiger partial charge is 0.265 e. The van der Waals surface area contributed by atoms with Gasteiger partial charge in [0.1, 0.15) is 4.88 Å². The molecule has 15 heavy (non-hydrogen) atoms. The van der Waals surface area contributed by atoms with Gasteiger partial charge in [0.25, 0.3) is 5.91 Å². The molecule has 82 valence electrons. The van der Waals surface area contributed by atoms with E-state index in [4.69, 9.17) is 11.6 Å². The van der Waals surface area contributed by atoms with Crippen LogP contribution in [0.25, 0.3) is 0 Å². The fourth-order valence-electron chi connectivity index (χ4n) is 1.73. The quantitative estimate of drug-likeness (QED) is 0.768. The maximum atomic E-state index is 12.0. The van der Waals surface area contributed by atoms with Gasteiger partial charge in [-0.15, -0.1) is 11.3 Å². The van der Waals surface area contributed by atoms with Crippen LogP contribution in [0.3, 0.4) is 0 Å². The highest BCUT2D eigenvalue weighted by atomic mass is 79.9. The molecule has 0 bridgehead atoms. The number of hydrogen-bond donors (Lipinski definition) is 0. The number of rotatable bonds is 2. The maximum absolute atomic E-state index is 12.0. The predicted molar refractivity (Wildman–Crippen MR) is 67.1 cm³/mol. The second kappa shape index (κ2) is 4.85. The van der Waals surface area contributed by atoms with E-state index in [2.05, 4.69) is 15.9 Å². The monoisotopic (exact) mass is 307 g/mol. The Labute approximate surface area is 106 Å². The number of halogens is 2. The first-order valence-corrected chi connectivity index (χ1v) is 7.18. The Balaban J connectivity index is 2.07. The number of carbonyl (C=O) groups excluding carboxylic acids is 1. The van der Waals surface area contributed by atoms with E-state index in [1.54, 1.807) is 6.07 Å². The van der Waals surface area contributed by atoms with Gasteiger partial charge in [-0.25, -0.2) is 0 Å². The van der Waals surface area contributed by atoms with Gasteiger partial charge in [-0.05, 0) is 23.8 Å². The zero-order chi connectivity index (χ0) is 10.8. The molecule has 1 aromatic rings. The van der Waals surface area contributed by atoms with Crippen molar-refractivity contribution < 1.29 is 4.79 Å². The highest BCUT2D eigenvalue weighted by Crippen LogP contribution is 2.26. The standard InChI is InChI=1S/C10H11BrClNOS/c11-5-7-1-3-13(6-7)10(14)9-8(12)2-4-15-9/h2,4,7H,1,3,5-6H2. The van der Waals surface area contributed by atoms with Crippen molar-refractivity contribution in [3.63, 3.8) is 0 Å². The van der Waals surface area contributed by atoms with Gasteiger partial charge >= 0.3 is 0 Å². The lowest BCUT2D eigenvalue weighted by atomic mass is 10.2. The minimum Gasteiger partial charge on any atom is -0.338 e. The van der Waals surface area contributed by atoms with Crippen LogP contribution in [0.4, 0.5) is 0 Å². The topological polar surface area (TPSA) is 20.3 Å². The lowest BCUT2D eigenvalue weighted by molar-refractivity contribution is 0.0793. The normalized spacial score (nSPS) is 20.9. The Hall–Kier alpha value is -0.0600. The lowest BCUT2D eigenvalue weighted by Gasteiger charge is -2.15. The lowest BCUT2D eigenvalue weighted by Crippen LogP contribution is -2.28. The van der Waals surface area contributed by atoms with Crippen molar-refractivity contribution >= 4 is 44.8 Å². The summed E-state index contributed by atoms with van der Waals surface area (Å²) in [5.74, 6) is 0.672. The highest BCUT2D eigenvalue weighted by molar-refractivity contribution is 9.09. The molecule has 0 saturated carbocycles. The molecule has 1 saturated heterocycles. The molecule has 2 nitrogen and oxygen atoms in total. The zero-order valence-electron chi connectivity index (χ0n) is 8.08. The summed E-state index contributed by atoms with van der Waals surface area (Å²) in [5, 5.41) is 3.40. The van der Waals surface area contributed by atoms with Crippen LogP contribution in [0.2, 0.25) is 5.02 Å². The van der Waals surface area contributed by atoms with Gasteiger partial charge in [0.05, 0.1) is 5.02 Å². The molecule has 1 aromatic heterocycles. The number of likely N-dealkylation sites (tertiary alicyclic amines) is 1. The summed E-state index contributed by atoms with van der Waals surface area (Å²) in [6.07, 6.45) is 1.08. The molecule has 0 aromatic carbocycles. The van der Waals surface area contributed by atoms with Crippen molar-refractivity contribution in [2.24, 2.45) is 5.92 Å². The Morgan fingerprint density at radius 1 is 1.73 bits per heavy atom. The summed E-state index contributed by atoms with van der Waals surface area (Å²) in [4.78, 5) is 14.6. The SMILES string of the molecule is O=C(c1sccc1Cl)N1CCC(CBr)C1. The van der Waals surface area contributed by atoms with Crippen LogP contribution in [-0.2, 0) is 0 Å². The van der Waals surface area contributed by atoms with Crippen molar-refractivity contribution in [2.75, 3.05) is 18.4 Å². The molecular weight excluding hydrogens is 298 g/mol. The molecule has 0 radical (unpaired) electrons. The molecule has 1 aliphatic rings. The number of thiophene rings is 1. The molecule has 0 N–H and O–H groups in total. The molecule has 0 spiro atoms. The van der Waals surface area contributed by atoms with Gasteiger partial charge in [0, 0.05) is 18.4 Å². The van der Waals surface area contributed by atoms with Crippen molar-refractivity contribution in [1.29, 1.82) is 0 Å². The molecule has 5 heteroatoms. The van der Waals surface area contributed by atoms with E-state index in [1.165, 1.54) is 11.3 Å². The van der Waals surface area contributed by atoms with E-state index in [9.17, 15) is 4.79 Å².